The van der Waals surface area contributed by atoms with Crippen LogP contribution in [0, 0.1) is 20.2 Å². The van der Waals surface area contributed by atoms with Gasteiger partial charge in [0.25, 0.3) is 5.69 Å². The number of non-ortho nitro benzene ring substituents is 1. The molecule has 0 heterocycles. The Labute approximate surface area is 162 Å². The predicted octanol–water partition coefficient (Wildman–Crippen LogP) is 3.43. The molecule has 0 aliphatic heterocycles. The van der Waals surface area contributed by atoms with Crippen molar-refractivity contribution in [1.29, 1.82) is 0 Å². The van der Waals surface area contributed by atoms with E-state index in [0.717, 1.165) is 23.2 Å². The first-order valence-corrected chi connectivity index (χ1v) is 8.29. The number of aromatic hydroxyl groups is 1. The van der Waals surface area contributed by atoms with Gasteiger partial charge < -0.3 is 5.11 Å². The lowest BCUT2D eigenvalue weighted by atomic mass is 10.0. The molecule has 3 aromatic carbocycles. The molecule has 4 rings (SSSR count). The fraction of sp³-hybridized carbons (Fsp3) is 0. The van der Waals surface area contributed by atoms with E-state index in [1.165, 1.54) is 6.07 Å². The lowest BCUT2D eigenvalue weighted by Gasteiger charge is -2.22. The maximum absolute atomic E-state index is 12.9. The van der Waals surface area contributed by atoms with Gasteiger partial charge in [-0.25, -0.2) is 5.84 Å². The molecule has 0 unspecified atom stereocenters. The molecule has 0 spiro atoms. The molecule has 0 amide bonds. The first kappa shape index (κ1) is 18.1. The summed E-state index contributed by atoms with van der Waals surface area (Å²) in [5.74, 6) is 5.35. The molecular weight excluding hydrogens is 380 g/mol. The van der Waals surface area contributed by atoms with Gasteiger partial charge in [-0.3, -0.25) is 30.0 Å². The molecule has 1 aliphatic rings. The van der Waals surface area contributed by atoms with Crippen molar-refractivity contribution in [3.8, 4) is 16.9 Å². The highest BCUT2D eigenvalue weighted by atomic mass is 16.6. The molecule has 29 heavy (non-hydrogen) atoms. The molecule has 0 aromatic heterocycles. The smallest absolute Gasteiger partial charge is 0.301 e. The summed E-state index contributed by atoms with van der Waals surface area (Å²) in [4.78, 5) is 33.8. The standard InChI is InChI=1S/C19H12N4O6/c20-21(14-7-5-10(22(26)27)9-15(14)23(28)29)18-16(24)8-6-12-11-3-1-2-4-13(11)19(25)17(12)18/h1-9,24H,20H2. The Kier molecular flexibility index (Phi) is 3.98. The number of hydrazine groups is 1. The average Bonchev–Trinajstić information content (AvgIpc) is 2.99. The van der Waals surface area contributed by atoms with E-state index in [2.05, 4.69) is 0 Å². The van der Waals surface area contributed by atoms with Crippen LogP contribution in [0.5, 0.6) is 5.75 Å². The van der Waals surface area contributed by atoms with Crippen LogP contribution in [0.15, 0.2) is 54.6 Å². The van der Waals surface area contributed by atoms with Crippen LogP contribution in [-0.4, -0.2) is 20.7 Å². The molecule has 0 saturated heterocycles. The number of nitro groups is 2. The van der Waals surface area contributed by atoms with Gasteiger partial charge >= 0.3 is 5.69 Å². The fourth-order valence-electron chi connectivity index (χ4n) is 3.42. The molecule has 1 aliphatic carbocycles. The molecule has 0 atom stereocenters. The Balaban J connectivity index is 1.93. The van der Waals surface area contributed by atoms with Crippen molar-refractivity contribution < 1.29 is 19.7 Å². The van der Waals surface area contributed by atoms with Gasteiger partial charge in [-0.15, -0.1) is 0 Å². The van der Waals surface area contributed by atoms with Crippen LogP contribution in [-0.2, 0) is 0 Å². The van der Waals surface area contributed by atoms with E-state index in [-0.39, 0.29) is 28.5 Å². The van der Waals surface area contributed by atoms with Gasteiger partial charge in [0.05, 0.1) is 21.5 Å². The lowest BCUT2D eigenvalue weighted by Crippen LogP contribution is -2.27. The second-order valence-electron chi connectivity index (χ2n) is 6.29. The van der Waals surface area contributed by atoms with E-state index < -0.39 is 21.2 Å². The maximum Gasteiger partial charge on any atom is 0.301 e. The van der Waals surface area contributed by atoms with Crippen LogP contribution in [0.3, 0.4) is 0 Å². The number of phenolic OH excluding ortho intramolecular Hbond substituents is 1. The molecule has 0 radical (unpaired) electrons. The number of anilines is 2. The number of carbonyl (C=O) groups is 1. The number of carbonyl (C=O) groups excluding carboxylic acids is 1. The molecule has 0 bridgehead atoms. The van der Waals surface area contributed by atoms with Gasteiger partial charge in [-0.1, -0.05) is 24.3 Å². The summed E-state index contributed by atoms with van der Waals surface area (Å²) in [5, 5.41) is 33.7. The molecule has 144 valence electrons. The highest BCUT2D eigenvalue weighted by Crippen LogP contribution is 2.47. The zero-order valence-electron chi connectivity index (χ0n) is 14.6. The van der Waals surface area contributed by atoms with Gasteiger partial charge in [-0.2, -0.15) is 0 Å². The van der Waals surface area contributed by atoms with Crippen molar-refractivity contribution >= 4 is 28.5 Å². The largest absolute Gasteiger partial charge is 0.506 e. The fourth-order valence-corrected chi connectivity index (χ4v) is 3.42. The summed E-state index contributed by atoms with van der Waals surface area (Å²) in [5.41, 5.74) is 0.233. The van der Waals surface area contributed by atoms with Gasteiger partial charge in [-0.05, 0) is 29.3 Å². The van der Waals surface area contributed by atoms with Crippen molar-refractivity contribution in [2.24, 2.45) is 5.84 Å². The number of benzene rings is 3. The third-order valence-electron chi connectivity index (χ3n) is 4.71. The SMILES string of the molecule is NN(c1ccc([N+](=O)[O-])cc1[N+](=O)[O-])c1c(O)ccc2c1C(=O)c1ccccc1-2. The van der Waals surface area contributed by atoms with Crippen LogP contribution in [0.1, 0.15) is 15.9 Å². The van der Waals surface area contributed by atoms with Crippen molar-refractivity contribution in [2.45, 2.75) is 0 Å². The van der Waals surface area contributed by atoms with Crippen LogP contribution < -0.4 is 10.9 Å². The van der Waals surface area contributed by atoms with E-state index in [1.54, 1.807) is 30.3 Å². The second-order valence-corrected chi connectivity index (χ2v) is 6.29. The number of rotatable bonds is 4. The number of ketones is 1. The van der Waals surface area contributed by atoms with Gasteiger partial charge in [0.2, 0.25) is 0 Å². The van der Waals surface area contributed by atoms with Crippen LogP contribution in [0.4, 0.5) is 22.7 Å². The topological polar surface area (TPSA) is 153 Å². The van der Waals surface area contributed by atoms with E-state index in [1.807, 2.05) is 0 Å². The average molecular weight is 392 g/mol. The minimum absolute atomic E-state index is 0.0985. The summed E-state index contributed by atoms with van der Waals surface area (Å²) < 4.78 is 0. The number of nitrogens with two attached hydrogens (primary N) is 1. The Bertz CT molecular complexity index is 1220. The number of fused-ring (bicyclic) bond motifs is 3. The van der Waals surface area contributed by atoms with Crippen LogP contribution in [0.2, 0.25) is 0 Å². The van der Waals surface area contributed by atoms with Crippen LogP contribution in [0.25, 0.3) is 11.1 Å². The van der Waals surface area contributed by atoms with Crippen molar-refractivity contribution in [3.63, 3.8) is 0 Å². The normalized spacial score (nSPS) is 11.7. The molecule has 0 saturated carbocycles. The minimum atomic E-state index is -0.820. The van der Waals surface area contributed by atoms with Gasteiger partial charge in [0, 0.05) is 11.6 Å². The number of nitro benzene ring substituents is 2. The van der Waals surface area contributed by atoms with Crippen LogP contribution >= 0.6 is 0 Å². The van der Waals surface area contributed by atoms with Crippen molar-refractivity contribution in [3.05, 3.63) is 86.0 Å². The van der Waals surface area contributed by atoms with E-state index in [0.29, 0.717) is 16.7 Å². The number of hydrogen-bond donors (Lipinski definition) is 2. The van der Waals surface area contributed by atoms with Crippen molar-refractivity contribution in [2.75, 3.05) is 5.01 Å². The first-order chi connectivity index (χ1) is 13.8. The lowest BCUT2D eigenvalue weighted by molar-refractivity contribution is -0.393. The summed E-state index contributed by atoms with van der Waals surface area (Å²) >= 11 is 0. The first-order valence-electron chi connectivity index (χ1n) is 8.29. The highest BCUT2D eigenvalue weighted by Gasteiger charge is 2.34. The Morgan fingerprint density at radius 2 is 1.59 bits per heavy atom. The molecule has 10 heteroatoms. The highest BCUT2D eigenvalue weighted by molar-refractivity contribution is 6.25. The number of hydrogen-bond acceptors (Lipinski definition) is 8. The zero-order valence-corrected chi connectivity index (χ0v) is 14.6. The minimum Gasteiger partial charge on any atom is -0.506 e. The summed E-state index contributed by atoms with van der Waals surface area (Å²) in [7, 11) is 0. The summed E-state index contributed by atoms with van der Waals surface area (Å²) in [6, 6.07) is 12.7. The third kappa shape index (κ3) is 2.66. The maximum atomic E-state index is 12.9. The van der Waals surface area contributed by atoms with E-state index >= 15 is 0 Å². The third-order valence-corrected chi connectivity index (χ3v) is 4.71. The van der Waals surface area contributed by atoms with E-state index in [9.17, 15) is 30.1 Å². The van der Waals surface area contributed by atoms with Gasteiger partial charge in [0.15, 0.2) is 5.78 Å². The molecular formula is C19H12N4O6. The monoisotopic (exact) mass is 392 g/mol. The molecule has 0 fully saturated rings. The zero-order chi connectivity index (χ0) is 20.9. The summed E-state index contributed by atoms with van der Waals surface area (Å²) in [6.07, 6.45) is 0. The van der Waals surface area contributed by atoms with E-state index in [4.69, 9.17) is 5.84 Å². The Morgan fingerprint density at radius 3 is 2.24 bits per heavy atom. The second kappa shape index (κ2) is 6.39. The molecule has 3 N–H and O–H groups in total. The molecule has 3 aromatic rings. The Hall–Kier alpha value is -4.31. The number of phenols is 1. The van der Waals surface area contributed by atoms with Gasteiger partial charge in [0.1, 0.15) is 17.1 Å². The summed E-state index contributed by atoms with van der Waals surface area (Å²) in [6.45, 7) is 0. The molecule has 10 nitrogen and oxygen atoms in total. The quantitative estimate of drug-likeness (QED) is 0.304. The predicted molar refractivity (Wildman–Crippen MR) is 103 cm³/mol. The van der Waals surface area contributed by atoms with Crippen molar-refractivity contribution in [1.82, 2.24) is 0 Å². The Morgan fingerprint density at radius 1 is 0.897 bits per heavy atom. The number of nitrogens with zero attached hydrogens (tertiary/aromatic N) is 3.